The number of nitrogens with zero attached hydrogens (tertiary/aromatic N) is 2. The summed E-state index contributed by atoms with van der Waals surface area (Å²) in [7, 11) is 1.37. The van der Waals surface area contributed by atoms with Crippen LogP contribution in [0.1, 0.15) is 15.9 Å². The van der Waals surface area contributed by atoms with Crippen molar-refractivity contribution in [1.82, 2.24) is 9.97 Å². The number of H-pyrrole nitrogens is 1. The van der Waals surface area contributed by atoms with Gasteiger partial charge in [0.1, 0.15) is 5.56 Å². The Morgan fingerprint density at radius 3 is 2.76 bits per heavy atom. The Labute approximate surface area is 152 Å². The number of nitrogens with two attached hydrogens (primary N) is 1. The Hall–Kier alpha value is -2.77. The molecule has 0 amide bonds. The van der Waals surface area contributed by atoms with Gasteiger partial charge in [-0.25, -0.2) is 9.78 Å². The van der Waals surface area contributed by atoms with E-state index in [1.54, 1.807) is 24.5 Å². The first-order chi connectivity index (χ1) is 12.0. The van der Waals surface area contributed by atoms with E-state index in [0.717, 1.165) is 11.0 Å². The fourth-order valence-corrected chi connectivity index (χ4v) is 2.67. The fraction of sp³-hybridized carbons (Fsp3) is 0.0625. The number of methoxy groups -OCH3 is 1. The molecule has 3 N–H and O–H groups in total. The summed E-state index contributed by atoms with van der Waals surface area (Å²) in [4.78, 5) is 24.2. The number of rotatable bonds is 4. The Morgan fingerprint density at radius 1 is 1.24 bits per heavy atom. The number of nitrogens with one attached hydrogen (secondary N) is 1. The van der Waals surface area contributed by atoms with E-state index in [1.807, 2.05) is 0 Å². The van der Waals surface area contributed by atoms with Crippen LogP contribution in [0.15, 0.2) is 41.8 Å². The number of benzene rings is 2. The number of imidazole rings is 1. The first kappa shape index (κ1) is 17.1. The van der Waals surface area contributed by atoms with Crippen molar-refractivity contribution in [2.45, 2.75) is 0 Å². The topological polar surface area (TPSA) is 103 Å². The van der Waals surface area contributed by atoms with E-state index in [4.69, 9.17) is 38.5 Å². The van der Waals surface area contributed by atoms with Gasteiger partial charge < -0.3 is 20.3 Å². The van der Waals surface area contributed by atoms with Crippen molar-refractivity contribution in [3.63, 3.8) is 0 Å². The van der Waals surface area contributed by atoms with Gasteiger partial charge in [0.15, 0.2) is 11.6 Å². The lowest BCUT2D eigenvalue weighted by atomic mass is 10.2. The van der Waals surface area contributed by atoms with E-state index in [1.165, 1.54) is 19.2 Å². The van der Waals surface area contributed by atoms with Gasteiger partial charge in [-0.3, -0.25) is 0 Å². The minimum atomic E-state index is -0.838. The third kappa shape index (κ3) is 3.38. The van der Waals surface area contributed by atoms with E-state index in [0.29, 0.717) is 5.56 Å². The maximum absolute atomic E-state index is 12.3. The van der Waals surface area contributed by atoms with Gasteiger partial charge in [-0.05, 0) is 30.3 Å². The molecule has 1 aromatic heterocycles. The molecule has 0 saturated heterocycles. The van der Waals surface area contributed by atoms with Crippen LogP contribution in [0.3, 0.4) is 0 Å². The number of hydrogen-bond acceptors (Lipinski definition) is 5. The van der Waals surface area contributed by atoms with E-state index in [2.05, 4.69) is 15.1 Å². The molecule has 0 bridgehead atoms. The van der Waals surface area contributed by atoms with Crippen LogP contribution in [0.4, 0.5) is 0 Å². The number of halogens is 2. The van der Waals surface area contributed by atoms with Crippen molar-refractivity contribution in [3.8, 4) is 5.75 Å². The summed E-state index contributed by atoms with van der Waals surface area (Å²) >= 11 is 12.0. The lowest BCUT2D eigenvalue weighted by Gasteiger charge is -2.09. The predicted molar refractivity (Wildman–Crippen MR) is 95.2 cm³/mol. The molecule has 9 heteroatoms. The number of aromatic amines is 1. The summed E-state index contributed by atoms with van der Waals surface area (Å²) in [5.74, 6) is -0.719. The molecule has 128 valence electrons. The Bertz CT molecular complexity index is 985. The van der Waals surface area contributed by atoms with Crippen LogP contribution in [0.25, 0.3) is 11.0 Å². The monoisotopic (exact) mass is 378 g/mol. The lowest BCUT2D eigenvalue weighted by Crippen LogP contribution is -2.15. The fourth-order valence-electron chi connectivity index (χ4n) is 2.21. The van der Waals surface area contributed by atoms with E-state index < -0.39 is 5.97 Å². The number of carbonyl (C=O) groups is 1. The molecular formula is C16H12Cl2N4O3. The van der Waals surface area contributed by atoms with Crippen LogP contribution in [-0.2, 0) is 4.84 Å². The van der Waals surface area contributed by atoms with Gasteiger partial charge in [-0.2, -0.15) is 0 Å². The number of oxime groups is 1. The number of hydrogen-bond donors (Lipinski definition) is 2. The second-order valence-corrected chi connectivity index (χ2v) is 5.74. The highest BCUT2D eigenvalue weighted by atomic mass is 35.5. The summed E-state index contributed by atoms with van der Waals surface area (Å²) < 4.78 is 5.10. The van der Waals surface area contributed by atoms with Gasteiger partial charge >= 0.3 is 5.97 Å². The molecule has 0 aliphatic carbocycles. The maximum Gasteiger partial charge on any atom is 0.371 e. The second-order valence-electron chi connectivity index (χ2n) is 4.93. The first-order valence-corrected chi connectivity index (χ1v) is 7.77. The predicted octanol–water partition coefficient (Wildman–Crippen LogP) is 3.36. The number of carbonyl (C=O) groups excluding carboxylic acids is 1. The van der Waals surface area contributed by atoms with Gasteiger partial charge in [-0.1, -0.05) is 28.4 Å². The molecule has 0 aliphatic heterocycles. The summed E-state index contributed by atoms with van der Waals surface area (Å²) in [5.41, 5.74) is 7.96. The van der Waals surface area contributed by atoms with Gasteiger partial charge in [-0.15, -0.1) is 0 Å². The highest BCUT2D eigenvalue weighted by Crippen LogP contribution is 2.34. The zero-order valence-electron chi connectivity index (χ0n) is 12.9. The van der Waals surface area contributed by atoms with Crippen molar-refractivity contribution in [3.05, 3.63) is 57.8 Å². The molecule has 0 aliphatic rings. The SMILES string of the molecule is COc1c(Cl)ccc(Cl)c1C(=O)O/N=C(\N)c1ccc2nc[nH]c2c1. The maximum atomic E-state index is 12.3. The van der Waals surface area contributed by atoms with Gasteiger partial charge in [0, 0.05) is 5.56 Å². The summed E-state index contributed by atoms with van der Waals surface area (Å²) in [6.45, 7) is 0. The number of ether oxygens (including phenoxy) is 1. The zero-order chi connectivity index (χ0) is 18.0. The highest BCUT2D eigenvalue weighted by Gasteiger charge is 2.21. The van der Waals surface area contributed by atoms with Crippen molar-refractivity contribution < 1.29 is 14.4 Å². The van der Waals surface area contributed by atoms with Crippen LogP contribution in [0.5, 0.6) is 5.75 Å². The summed E-state index contributed by atoms with van der Waals surface area (Å²) in [6.07, 6.45) is 1.56. The summed E-state index contributed by atoms with van der Waals surface area (Å²) in [5, 5.41) is 4.01. The standard InChI is InChI=1S/C16H12Cl2N4O3/c1-24-14-10(18)4-3-9(17)13(14)16(23)25-22-15(19)8-2-5-11-12(6-8)21-7-20-11/h2-7H,1H3,(H2,19,22)(H,20,21). The van der Waals surface area contributed by atoms with Gasteiger partial charge in [0.05, 0.1) is 34.5 Å². The van der Waals surface area contributed by atoms with Crippen LogP contribution in [0.2, 0.25) is 10.0 Å². The third-order valence-electron chi connectivity index (χ3n) is 3.41. The van der Waals surface area contributed by atoms with E-state index in [-0.39, 0.29) is 27.2 Å². The molecule has 2 aromatic carbocycles. The number of aromatic nitrogens is 2. The quantitative estimate of drug-likeness (QED) is 0.313. The molecule has 25 heavy (non-hydrogen) atoms. The van der Waals surface area contributed by atoms with Crippen LogP contribution < -0.4 is 10.5 Å². The Kier molecular flexibility index (Phi) is 4.78. The average Bonchev–Trinajstić information content (AvgIpc) is 3.08. The molecule has 3 rings (SSSR count). The molecule has 0 spiro atoms. The van der Waals surface area contributed by atoms with Gasteiger partial charge in [0.25, 0.3) is 0 Å². The normalized spacial score (nSPS) is 11.6. The summed E-state index contributed by atoms with van der Waals surface area (Å²) in [6, 6.07) is 8.19. The van der Waals surface area contributed by atoms with Crippen molar-refractivity contribution in [2.24, 2.45) is 10.9 Å². The van der Waals surface area contributed by atoms with Crippen LogP contribution >= 0.6 is 23.2 Å². The highest BCUT2D eigenvalue weighted by molar-refractivity contribution is 6.37. The minimum absolute atomic E-state index is 0.0157. The molecule has 0 radical (unpaired) electrons. The molecule has 0 saturated carbocycles. The lowest BCUT2D eigenvalue weighted by molar-refractivity contribution is 0.0512. The largest absolute Gasteiger partial charge is 0.494 e. The third-order valence-corrected chi connectivity index (χ3v) is 4.02. The van der Waals surface area contributed by atoms with Crippen molar-refractivity contribution >= 4 is 46.0 Å². The zero-order valence-corrected chi connectivity index (χ0v) is 14.4. The average molecular weight is 379 g/mol. The van der Waals surface area contributed by atoms with Crippen LogP contribution in [0, 0.1) is 0 Å². The van der Waals surface area contributed by atoms with E-state index >= 15 is 0 Å². The van der Waals surface area contributed by atoms with Crippen LogP contribution in [-0.4, -0.2) is 28.9 Å². The van der Waals surface area contributed by atoms with Gasteiger partial charge in [0.2, 0.25) is 0 Å². The van der Waals surface area contributed by atoms with E-state index in [9.17, 15) is 4.79 Å². The molecule has 3 aromatic rings. The van der Waals surface area contributed by atoms with Crippen molar-refractivity contribution in [1.29, 1.82) is 0 Å². The molecule has 0 unspecified atom stereocenters. The molecule has 0 atom stereocenters. The number of amidine groups is 1. The molecule has 1 heterocycles. The number of fused-ring (bicyclic) bond motifs is 1. The first-order valence-electron chi connectivity index (χ1n) is 7.01. The minimum Gasteiger partial charge on any atom is -0.494 e. The molecule has 0 fully saturated rings. The smallest absolute Gasteiger partial charge is 0.371 e. The molecular weight excluding hydrogens is 367 g/mol. The Morgan fingerprint density at radius 2 is 2.00 bits per heavy atom. The Balaban J connectivity index is 1.86. The van der Waals surface area contributed by atoms with Crippen molar-refractivity contribution in [2.75, 3.05) is 7.11 Å². The molecule has 7 nitrogen and oxygen atoms in total. The second kappa shape index (κ2) is 7.00.